The lowest BCUT2D eigenvalue weighted by atomic mass is 10.2. The van der Waals surface area contributed by atoms with Crippen molar-refractivity contribution in [2.75, 3.05) is 13.7 Å². The molecule has 2 N–H and O–H groups in total. The van der Waals surface area contributed by atoms with Crippen LogP contribution < -0.4 is 10.1 Å². The van der Waals surface area contributed by atoms with Crippen LogP contribution in [0.15, 0.2) is 28.7 Å². The lowest BCUT2D eigenvalue weighted by Crippen LogP contribution is -2.31. The zero-order valence-corrected chi connectivity index (χ0v) is 10.9. The van der Waals surface area contributed by atoms with E-state index in [4.69, 9.17) is 14.3 Å². The molecule has 0 aliphatic rings. The lowest BCUT2D eigenvalue weighted by Gasteiger charge is -2.15. The predicted molar refractivity (Wildman–Crippen MR) is 70.9 cm³/mol. The summed E-state index contributed by atoms with van der Waals surface area (Å²) in [6, 6.07) is 7.89. The van der Waals surface area contributed by atoms with Gasteiger partial charge in [-0.25, -0.2) is 0 Å². The Balaban J connectivity index is 2.29. The van der Waals surface area contributed by atoms with E-state index in [2.05, 4.69) is 5.32 Å². The van der Waals surface area contributed by atoms with E-state index in [1.807, 2.05) is 38.1 Å². The highest BCUT2D eigenvalue weighted by molar-refractivity contribution is 5.83. The molecule has 4 heteroatoms. The predicted octanol–water partition coefficient (Wildman–Crippen LogP) is 2.47. The Labute approximate surface area is 107 Å². The number of aliphatic hydroxyl groups excluding tert-OH is 1. The van der Waals surface area contributed by atoms with Crippen LogP contribution in [0, 0.1) is 0 Å². The zero-order valence-electron chi connectivity index (χ0n) is 10.9. The van der Waals surface area contributed by atoms with E-state index in [1.165, 1.54) is 0 Å². The molecule has 0 spiro atoms. The molecule has 0 saturated heterocycles. The molecule has 2 aromatic rings. The molecule has 4 nitrogen and oxygen atoms in total. The Morgan fingerprint density at radius 2 is 2.17 bits per heavy atom. The van der Waals surface area contributed by atoms with Gasteiger partial charge in [-0.2, -0.15) is 0 Å². The van der Waals surface area contributed by atoms with E-state index in [9.17, 15) is 0 Å². The SMILES string of the molecule is COc1cccc2cc(C(C)N[C@H](C)CO)oc12. The average Bonchev–Trinajstić information content (AvgIpc) is 2.82. The van der Waals surface area contributed by atoms with Crippen molar-refractivity contribution in [1.82, 2.24) is 5.32 Å². The summed E-state index contributed by atoms with van der Waals surface area (Å²) in [4.78, 5) is 0. The normalized spacial score (nSPS) is 14.7. The zero-order chi connectivity index (χ0) is 13.1. The lowest BCUT2D eigenvalue weighted by molar-refractivity contribution is 0.238. The smallest absolute Gasteiger partial charge is 0.176 e. The van der Waals surface area contributed by atoms with Gasteiger partial charge in [-0.15, -0.1) is 0 Å². The fraction of sp³-hybridized carbons (Fsp3) is 0.429. The molecule has 18 heavy (non-hydrogen) atoms. The second-order valence-electron chi connectivity index (χ2n) is 4.50. The van der Waals surface area contributed by atoms with Crippen LogP contribution in [-0.4, -0.2) is 24.9 Å². The first-order chi connectivity index (χ1) is 8.65. The second-order valence-corrected chi connectivity index (χ2v) is 4.50. The van der Waals surface area contributed by atoms with E-state index < -0.39 is 0 Å². The maximum atomic E-state index is 9.04. The van der Waals surface area contributed by atoms with E-state index in [0.29, 0.717) is 0 Å². The van der Waals surface area contributed by atoms with Crippen LogP contribution in [0.3, 0.4) is 0 Å². The fourth-order valence-corrected chi connectivity index (χ4v) is 1.99. The number of ether oxygens (including phenoxy) is 1. The average molecular weight is 249 g/mol. The minimum absolute atomic E-state index is 0.0371. The van der Waals surface area contributed by atoms with Gasteiger partial charge in [-0.3, -0.25) is 0 Å². The van der Waals surface area contributed by atoms with Crippen molar-refractivity contribution >= 4 is 11.0 Å². The first-order valence-electron chi connectivity index (χ1n) is 6.09. The number of hydrogen-bond acceptors (Lipinski definition) is 4. The number of furan rings is 1. The number of nitrogens with one attached hydrogen (secondary N) is 1. The van der Waals surface area contributed by atoms with Crippen molar-refractivity contribution in [1.29, 1.82) is 0 Å². The topological polar surface area (TPSA) is 54.6 Å². The second kappa shape index (κ2) is 5.42. The maximum absolute atomic E-state index is 9.04. The Morgan fingerprint density at radius 3 is 2.83 bits per heavy atom. The largest absolute Gasteiger partial charge is 0.493 e. The Kier molecular flexibility index (Phi) is 3.89. The molecule has 0 bridgehead atoms. The standard InChI is InChI=1S/C14H19NO3/c1-9(8-16)15-10(2)13-7-11-5-4-6-12(17-3)14(11)18-13/h4-7,9-10,15-16H,8H2,1-3H3/t9-,10?/m1/s1. The Hall–Kier alpha value is -1.52. The van der Waals surface area contributed by atoms with Crippen LogP contribution >= 0.6 is 0 Å². The summed E-state index contributed by atoms with van der Waals surface area (Å²) in [6.45, 7) is 4.05. The molecule has 0 radical (unpaired) electrons. The molecule has 2 rings (SSSR count). The third kappa shape index (κ3) is 2.49. The van der Waals surface area contributed by atoms with E-state index in [0.717, 1.165) is 22.5 Å². The molecule has 0 saturated carbocycles. The molecule has 98 valence electrons. The van der Waals surface area contributed by atoms with E-state index in [1.54, 1.807) is 7.11 Å². The summed E-state index contributed by atoms with van der Waals surface area (Å²) in [5.41, 5.74) is 0.764. The number of rotatable bonds is 5. The van der Waals surface area contributed by atoms with Crippen molar-refractivity contribution < 1.29 is 14.3 Å². The molecule has 1 heterocycles. The Bertz CT molecular complexity index is 521. The molecule has 0 aliphatic heterocycles. The first-order valence-corrected chi connectivity index (χ1v) is 6.09. The fourth-order valence-electron chi connectivity index (χ4n) is 1.99. The van der Waals surface area contributed by atoms with Crippen LogP contribution in [0.25, 0.3) is 11.0 Å². The number of methoxy groups -OCH3 is 1. The molecule has 1 aromatic heterocycles. The summed E-state index contributed by atoms with van der Waals surface area (Å²) in [5.74, 6) is 1.58. The molecule has 0 amide bonds. The molecular formula is C14H19NO3. The van der Waals surface area contributed by atoms with Crippen LogP contribution in [-0.2, 0) is 0 Å². The minimum atomic E-state index is 0.0371. The number of aliphatic hydroxyl groups is 1. The number of para-hydroxylation sites is 1. The minimum Gasteiger partial charge on any atom is -0.493 e. The van der Waals surface area contributed by atoms with Gasteiger partial charge in [0.25, 0.3) is 0 Å². The van der Waals surface area contributed by atoms with Gasteiger partial charge < -0.3 is 19.6 Å². The van der Waals surface area contributed by atoms with Crippen LogP contribution in [0.1, 0.15) is 25.6 Å². The highest BCUT2D eigenvalue weighted by Crippen LogP contribution is 2.30. The van der Waals surface area contributed by atoms with Crippen molar-refractivity contribution in [2.45, 2.75) is 25.9 Å². The summed E-state index contributed by atoms with van der Waals surface area (Å²) in [6.07, 6.45) is 0. The van der Waals surface area contributed by atoms with E-state index in [-0.39, 0.29) is 18.7 Å². The Morgan fingerprint density at radius 1 is 1.39 bits per heavy atom. The molecule has 0 aliphatic carbocycles. The third-order valence-electron chi connectivity index (χ3n) is 2.98. The number of benzene rings is 1. The van der Waals surface area contributed by atoms with Crippen LogP contribution in [0.4, 0.5) is 0 Å². The molecule has 1 aromatic carbocycles. The monoisotopic (exact) mass is 249 g/mol. The summed E-state index contributed by atoms with van der Waals surface area (Å²) in [7, 11) is 1.63. The van der Waals surface area contributed by atoms with Gasteiger partial charge in [0.1, 0.15) is 5.76 Å². The third-order valence-corrected chi connectivity index (χ3v) is 2.98. The van der Waals surface area contributed by atoms with Gasteiger partial charge in [0, 0.05) is 11.4 Å². The summed E-state index contributed by atoms with van der Waals surface area (Å²) >= 11 is 0. The quantitative estimate of drug-likeness (QED) is 0.854. The summed E-state index contributed by atoms with van der Waals surface area (Å²) < 4.78 is 11.1. The van der Waals surface area contributed by atoms with Crippen molar-refractivity contribution in [3.8, 4) is 5.75 Å². The molecular weight excluding hydrogens is 230 g/mol. The molecule has 2 atom stereocenters. The number of hydrogen-bond donors (Lipinski definition) is 2. The van der Waals surface area contributed by atoms with Gasteiger partial charge in [0.15, 0.2) is 11.3 Å². The first kappa shape index (κ1) is 12.9. The van der Waals surface area contributed by atoms with Gasteiger partial charge in [0.05, 0.1) is 19.8 Å². The highest BCUT2D eigenvalue weighted by Gasteiger charge is 2.15. The van der Waals surface area contributed by atoms with Gasteiger partial charge in [0.2, 0.25) is 0 Å². The van der Waals surface area contributed by atoms with E-state index >= 15 is 0 Å². The van der Waals surface area contributed by atoms with Crippen molar-refractivity contribution in [3.05, 3.63) is 30.0 Å². The molecule has 0 fully saturated rings. The molecule has 1 unspecified atom stereocenters. The van der Waals surface area contributed by atoms with Crippen molar-refractivity contribution in [2.24, 2.45) is 0 Å². The van der Waals surface area contributed by atoms with Crippen LogP contribution in [0.2, 0.25) is 0 Å². The highest BCUT2D eigenvalue weighted by atomic mass is 16.5. The number of fused-ring (bicyclic) bond motifs is 1. The van der Waals surface area contributed by atoms with Gasteiger partial charge in [-0.05, 0) is 26.0 Å². The van der Waals surface area contributed by atoms with Crippen LogP contribution in [0.5, 0.6) is 5.75 Å². The van der Waals surface area contributed by atoms with Crippen molar-refractivity contribution in [3.63, 3.8) is 0 Å². The van der Waals surface area contributed by atoms with Gasteiger partial charge in [-0.1, -0.05) is 12.1 Å². The summed E-state index contributed by atoms with van der Waals surface area (Å²) in [5, 5.41) is 13.3. The van der Waals surface area contributed by atoms with Gasteiger partial charge >= 0.3 is 0 Å². The maximum Gasteiger partial charge on any atom is 0.176 e.